The second kappa shape index (κ2) is 11.1. The van der Waals surface area contributed by atoms with Crippen LogP contribution in [0.4, 0.5) is 0 Å². The molecule has 7 nitrogen and oxygen atoms in total. The van der Waals surface area contributed by atoms with Gasteiger partial charge >= 0.3 is 5.97 Å². The lowest BCUT2D eigenvalue weighted by Gasteiger charge is -2.12. The zero-order valence-electron chi connectivity index (χ0n) is 20.9. The number of aryl methyl sites for hydroxylation is 4. The van der Waals surface area contributed by atoms with Crippen LogP contribution in [0.5, 0.6) is 5.75 Å². The number of carbonyl (C=O) groups is 1. The Labute approximate surface area is 210 Å². The van der Waals surface area contributed by atoms with Crippen LogP contribution >= 0.6 is 0 Å². The molecule has 0 atom stereocenters. The van der Waals surface area contributed by atoms with Crippen LogP contribution < -0.4 is 4.74 Å². The van der Waals surface area contributed by atoms with Gasteiger partial charge in [0.25, 0.3) is 0 Å². The van der Waals surface area contributed by atoms with E-state index in [1.807, 2.05) is 24.3 Å². The molecule has 0 unspecified atom stereocenters. The van der Waals surface area contributed by atoms with Crippen LogP contribution in [0.1, 0.15) is 22.3 Å². The lowest BCUT2D eigenvalue weighted by molar-refractivity contribution is -0.146. The summed E-state index contributed by atoms with van der Waals surface area (Å²) in [6.45, 7) is 7.73. The molecule has 184 valence electrons. The molecule has 36 heavy (non-hydrogen) atoms. The molecular formula is C29H29N3O4. The lowest BCUT2D eigenvalue weighted by Crippen LogP contribution is -2.16. The summed E-state index contributed by atoms with van der Waals surface area (Å²) in [6.07, 6.45) is 0. The SMILES string of the molecule is Cc1ccc(-c2nc(-c3ccc(OCC(=O)OCCO)cc3)nc(-c3ccc(C)cc3C)n2)c(C)c1. The monoisotopic (exact) mass is 483 g/mol. The van der Waals surface area contributed by atoms with Gasteiger partial charge in [0.05, 0.1) is 6.61 Å². The third kappa shape index (κ3) is 5.93. The predicted octanol–water partition coefficient (Wildman–Crippen LogP) is 5.02. The number of aromatic nitrogens is 3. The first-order valence-corrected chi connectivity index (χ1v) is 11.7. The maximum absolute atomic E-state index is 11.6. The fourth-order valence-corrected chi connectivity index (χ4v) is 3.92. The van der Waals surface area contributed by atoms with Crippen LogP contribution in [0.3, 0.4) is 0 Å². The van der Waals surface area contributed by atoms with Gasteiger partial charge in [0, 0.05) is 16.7 Å². The van der Waals surface area contributed by atoms with Crippen molar-refractivity contribution in [3.63, 3.8) is 0 Å². The average molecular weight is 484 g/mol. The highest BCUT2D eigenvalue weighted by Crippen LogP contribution is 2.29. The molecule has 0 aliphatic carbocycles. The first-order chi connectivity index (χ1) is 17.3. The maximum Gasteiger partial charge on any atom is 0.344 e. The van der Waals surface area contributed by atoms with Gasteiger partial charge in [0.2, 0.25) is 0 Å². The summed E-state index contributed by atoms with van der Waals surface area (Å²) in [5.74, 6) is 1.74. The van der Waals surface area contributed by atoms with Gasteiger partial charge in [0.15, 0.2) is 24.1 Å². The van der Waals surface area contributed by atoms with Crippen LogP contribution in [0.15, 0.2) is 60.7 Å². The van der Waals surface area contributed by atoms with Gasteiger partial charge in [-0.25, -0.2) is 19.7 Å². The number of benzene rings is 3. The standard InChI is InChI=1S/C29H29N3O4/c1-18-5-11-24(20(3)15-18)28-30-27(31-29(32-28)25-12-6-19(2)16-21(25)4)22-7-9-23(10-8-22)36-17-26(34)35-14-13-33/h5-12,15-16,33H,13-14,17H2,1-4H3. The van der Waals surface area contributed by atoms with Gasteiger partial charge in [0.1, 0.15) is 12.4 Å². The number of hydrogen-bond donors (Lipinski definition) is 1. The highest BCUT2D eigenvalue weighted by molar-refractivity contribution is 5.71. The largest absolute Gasteiger partial charge is 0.482 e. The number of aliphatic hydroxyl groups excluding tert-OH is 1. The van der Waals surface area contributed by atoms with Gasteiger partial charge in [-0.15, -0.1) is 0 Å². The van der Waals surface area contributed by atoms with Crippen molar-refractivity contribution >= 4 is 5.97 Å². The fraction of sp³-hybridized carbons (Fsp3) is 0.241. The molecule has 0 aliphatic rings. The Balaban J connectivity index is 1.71. The first kappa shape index (κ1) is 25.0. The molecule has 0 spiro atoms. The van der Waals surface area contributed by atoms with Crippen molar-refractivity contribution in [2.45, 2.75) is 27.7 Å². The van der Waals surface area contributed by atoms with Crippen molar-refractivity contribution < 1.29 is 19.4 Å². The Morgan fingerprint density at radius 1 is 0.750 bits per heavy atom. The first-order valence-electron chi connectivity index (χ1n) is 11.7. The van der Waals surface area contributed by atoms with Gasteiger partial charge in [-0.3, -0.25) is 0 Å². The van der Waals surface area contributed by atoms with E-state index in [0.717, 1.165) is 27.8 Å². The minimum absolute atomic E-state index is 0.0495. The van der Waals surface area contributed by atoms with Gasteiger partial charge < -0.3 is 14.6 Å². The van der Waals surface area contributed by atoms with Crippen molar-refractivity contribution in [2.75, 3.05) is 19.8 Å². The van der Waals surface area contributed by atoms with Crippen molar-refractivity contribution in [1.29, 1.82) is 0 Å². The Morgan fingerprint density at radius 3 is 1.78 bits per heavy atom. The molecule has 0 aliphatic heterocycles. The van der Waals surface area contributed by atoms with Crippen LogP contribution in [-0.4, -0.2) is 45.8 Å². The number of ether oxygens (including phenoxy) is 2. The molecule has 7 heteroatoms. The van der Waals surface area contributed by atoms with E-state index in [1.54, 1.807) is 12.1 Å². The highest BCUT2D eigenvalue weighted by Gasteiger charge is 2.15. The minimum Gasteiger partial charge on any atom is -0.482 e. The molecule has 1 N–H and O–H groups in total. The van der Waals surface area contributed by atoms with Crippen LogP contribution in [0, 0.1) is 27.7 Å². The maximum atomic E-state index is 11.6. The summed E-state index contributed by atoms with van der Waals surface area (Å²) in [7, 11) is 0. The minimum atomic E-state index is -0.540. The molecule has 0 fully saturated rings. The van der Waals surface area contributed by atoms with E-state index in [9.17, 15) is 4.79 Å². The van der Waals surface area contributed by atoms with Gasteiger partial charge in [-0.1, -0.05) is 47.5 Å². The molecule has 4 rings (SSSR count). The normalized spacial score (nSPS) is 10.8. The van der Waals surface area contributed by atoms with Crippen LogP contribution in [0.2, 0.25) is 0 Å². The molecular weight excluding hydrogens is 454 g/mol. The van der Waals surface area contributed by atoms with Crippen molar-refractivity contribution in [3.05, 3.63) is 82.9 Å². The zero-order chi connectivity index (χ0) is 25.7. The van der Waals surface area contributed by atoms with E-state index in [0.29, 0.717) is 23.2 Å². The number of esters is 1. The smallest absolute Gasteiger partial charge is 0.344 e. The molecule has 4 aromatic rings. The summed E-state index contributed by atoms with van der Waals surface area (Å²) in [5, 5.41) is 8.74. The van der Waals surface area contributed by atoms with E-state index >= 15 is 0 Å². The van der Waals surface area contributed by atoms with E-state index in [-0.39, 0.29) is 19.8 Å². The summed E-state index contributed by atoms with van der Waals surface area (Å²) in [5.41, 5.74) is 7.25. The Morgan fingerprint density at radius 2 is 1.28 bits per heavy atom. The van der Waals surface area contributed by atoms with Gasteiger partial charge in [-0.05, 0) is 63.1 Å². The second-order valence-corrected chi connectivity index (χ2v) is 8.70. The number of carbonyl (C=O) groups excluding carboxylic acids is 1. The lowest BCUT2D eigenvalue weighted by atomic mass is 10.0. The molecule has 0 saturated heterocycles. The molecule has 1 aromatic heterocycles. The third-order valence-corrected chi connectivity index (χ3v) is 5.70. The Hall–Kier alpha value is -4.10. The van der Waals surface area contributed by atoms with E-state index in [4.69, 9.17) is 29.5 Å². The molecule has 1 heterocycles. The van der Waals surface area contributed by atoms with Crippen LogP contribution in [0.25, 0.3) is 34.2 Å². The molecule has 0 radical (unpaired) electrons. The zero-order valence-corrected chi connectivity index (χ0v) is 20.9. The highest BCUT2D eigenvalue weighted by atomic mass is 16.6. The van der Waals surface area contributed by atoms with Crippen LogP contribution in [-0.2, 0) is 9.53 Å². The topological polar surface area (TPSA) is 94.4 Å². The summed E-state index contributed by atoms with van der Waals surface area (Å²) >= 11 is 0. The number of rotatable bonds is 8. The number of nitrogens with zero attached hydrogens (tertiary/aromatic N) is 3. The van der Waals surface area contributed by atoms with Crippen molar-refractivity contribution in [1.82, 2.24) is 15.0 Å². The fourth-order valence-electron chi connectivity index (χ4n) is 3.92. The molecule has 0 bridgehead atoms. The number of aliphatic hydroxyl groups is 1. The second-order valence-electron chi connectivity index (χ2n) is 8.70. The molecule has 3 aromatic carbocycles. The third-order valence-electron chi connectivity index (χ3n) is 5.70. The average Bonchev–Trinajstić information content (AvgIpc) is 2.86. The quantitative estimate of drug-likeness (QED) is 0.352. The Kier molecular flexibility index (Phi) is 7.71. The molecule has 0 saturated carbocycles. The van der Waals surface area contributed by atoms with Crippen molar-refractivity contribution in [3.8, 4) is 39.9 Å². The van der Waals surface area contributed by atoms with E-state index < -0.39 is 5.97 Å². The predicted molar refractivity (Wildman–Crippen MR) is 139 cm³/mol. The number of hydrogen-bond acceptors (Lipinski definition) is 7. The summed E-state index contributed by atoms with van der Waals surface area (Å²) < 4.78 is 10.3. The summed E-state index contributed by atoms with van der Waals surface area (Å²) in [4.78, 5) is 26.1. The van der Waals surface area contributed by atoms with E-state index in [1.165, 1.54) is 11.1 Å². The van der Waals surface area contributed by atoms with Gasteiger partial charge in [-0.2, -0.15) is 0 Å². The Bertz CT molecular complexity index is 1310. The molecule has 0 amide bonds. The van der Waals surface area contributed by atoms with Crippen molar-refractivity contribution in [2.24, 2.45) is 0 Å². The summed E-state index contributed by atoms with van der Waals surface area (Å²) in [6, 6.07) is 19.6. The van der Waals surface area contributed by atoms with E-state index in [2.05, 4.69) is 52.0 Å².